The van der Waals surface area contributed by atoms with Crippen molar-refractivity contribution in [3.8, 4) is 5.88 Å². The molecular formula is C8H5NO4-2. The van der Waals surface area contributed by atoms with Crippen molar-refractivity contribution in [1.29, 1.82) is 0 Å². The van der Waals surface area contributed by atoms with E-state index in [9.17, 15) is 19.8 Å². The molecule has 0 aliphatic carbocycles. The lowest BCUT2D eigenvalue weighted by molar-refractivity contribution is -0.281. The summed E-state index contributed by atoms with van der Waals surface area (Å²) in [6.07, 6.45) is 0. The van der Waals surface area contributed by atoms with Gasteiger partial charge in [0.05, 0.1) is 5.97 Å². The van der Waals surface area contributed by atoms with Crippen molar-refractivity contribution in [2.75, 3.05) is 0 Å². The summed E-state index contributed by atoms with van der Waals surface area (Å²) in [6, 6.07) is 2.19. The number of Topliss-reactive ketones (excluding diaryl/α,β-unsaturated/α-hetero) is 1. The number of carboxylic acid groups (broad SMARTS) is 1. The number of aromatic nitrogens is 1. The lowest BCUT2D eigenvalue weighted by atomic mass is 10.2. The fraction of sp³-hybridized carbons (Fsp3) is 0.125. The fourth-order valence-corrected chi connectivity index (χ4v) is 0.792. The molecule has 68 valence electrons. The van der Waals surface area contributed by atoms with E-state index < -0.39 is 17.4 Å². The summed E-state index contributed by atoms with van der Waals surface area (Å²) >= 11 is 0. The monoisotopic (exact) mass is 179 g/mol. The molecule has 0 unspecified atom stereocenters. The molecule has 0 radical (unpaired) electrons. The summed E-state index contributed by atoms with van der Waals surface area (Å²) in [7, 11) is 0. The molecule has 0 saturated heterocycles. The van der Waals surface area contributed by atoms with Gasteiger partial charge in [0, 0.05) is 12.5 Å². The van der Waals surface area contributed by atoms with Crippen LogP contribution < -0.4 is 10.2 Å². The number of aromatic carboxylic acids is 1. The van der Waals surface area contributed by atoms with Gasteiger partial charge in [0.15, 0.2) is 5.78 Å². The number of hydrogen-bond donors (Lipinski definition) is 0. The van der Waals surface area contributed by atoms with Gasteiger partial charge >= 0.3 is 0 Å². The molecule has 0 aromatic carbocycles. The highest BCUT2D eigenvalue weighted by Crippen LogP contribution is 2.10. The van der Waals surface area contributed by atoms with Gasteiger partial charge in [-0.1, -0.05) is 0 Å². The molecule has 1 heterocycles. The summed E-state index contributed by atoms with van der Waals surface area (Å²) < 4.78 is 0. The number of carbonyl (C=O) groups excluding carboxylic acids is 2. The summed E-state index contributed by atoms with van der Waals surface area (Å²) in [6.45, 7) is 1.24. The van der Waals surface area contributed by atoms with Crippen LogP contribution in [0, 0.1) is 0 Å². The van der Waals surface area contributed by atoms with Crippen LogP contribution in [-0.2, 0) is 0 Å². The summed E-state index contributed by atoms with van der Waals surface area (Å²) in [5, 5.41) is 21.2. The van der Waals surface area contributed by atoms with Gasteiger partial charge in [-0.05, 0) is 18.0 Å². The van der Waals surface area contributed by atoms with Crippen LogP contribution in [0.15, 0.2) is 12.1 Å². The summed E-state index contributed by atoms with van der Waals surface area (Å²) in [5.41, 5.74) is -0.583. The van der Waals surface area contributed by atoms with Gasteiger partial charge in [-0.25, -0.2) is 0 Å². The SMILES string of the molecule is CC(=O)c1ccc(C(=O)[O-])c([O-])n1. The van der Waals surface area contributed by atoms with Gasteiger partial charge in [0.1, 0.15) is 5.69 Å². The van der Waals surface area contributed by atoms with Gasteiger partial charge in [0.2, 0.25) is 0 Å². The van der Waals surface area contributed by atoms with E-state index in [1.54, 1.807) is 0 Å². The third kappa shape index (κ3) is 1.81. The van der Waals surface area contributed by atoms with E-state index in [2.05, 4.69) is 4.98 Å². The molecule has 5 nitrogen and oxygen atoms in total. The van der Waals surface area contributed by atoms with E-state index in [1.165, 1.54) is 13.0 Å². The number of ketones is 1. The quantitative estimate of drug-likeness (QED) is 0.527. The summed E-state index contributed by atoms with van der Waals surface area (Å²) in [4.78, 5) is 24.2. The van der Waals surface area contributed by atoms with Crippen LogP contribution in [-0.4, -0.2) is 16.7 Å². The predicted molar refractivity (Wildman–Crippen MR) is 38.0 cm³/mol. The first-order valence-electron chi connectivity index (χ1n) is 3.42. The zero-order valence-corrected chi connectivity index (χ0v) is 6.73. The third-order valence-electron chi connectivity index (χ3n) is 1.44. The zero-order valence-electron chi connectivity index (χ0n) is 6.73. The summed E-state index contributed by atoms with van der Waals surface area (Å²) in [5.74, 6) is -2.93. The van der Waals surface area contributed by atoms with Crippen molar-refractivity contribution in [2.45, 2.75) is 6.92 Å². The number of nitrogens with zero attached hydrogens (tertiary/aromatic N) is 1. The molecule has 1 aromatic heterocycles. The van der Waals surface area contributed by atoms with E-state index >= 15 is 0 Å². The third-order valence-corrected chi connectivity index (χ3v) is 1.44. The van der Waals surface area contributed by atoms with E-state index in [0.29, 0.717) is 0 Å². The molecule has 0 saturated carbocycles. The molecule has 1 aromatic rings. The molecular weight excluding hydrogens is 174 g/mol. The van der Waals surface area contributed by atoms with Crippen molar-refractivity contribution in [1.82, 2.24) is 4.98 Å². The van der Waals surface area contributed by atoms with Crippen LogP contribution in [0.2, 0.25) is 0 Å². The van der Waals surface area contributed by atoms with E-state index in [4.69, 9.17) is 0 Å². The largest absolute Gasteiger partial charge is 0.858 e. The van der Waals surface area contributed by atoms with E-state index in [0.717, 1.165) is 6.07 Å². The van der Waals surface area contributed by atoms with Crippen molar-refractivity contribution in [2.24, 2.45) is 0 Å². The molecule has 0 spiro atoms. The van der Waals surface area contributed by atoms with Gasteiger partial charge < -0.3 is 15.0 Å². The Bertz CT molecular complexity index is 372. The molecule has 0 bridgehead atoms. The van der Waals surface area contributed by atoms with Crippen LogP contribution in [0.5, 0.6) is 5.88 Å². The Labute approximate surface area is 73.7 Å². The van der Waals surface area contributed by atoms with Crippen molar-refractivity contribution >= 4 is 11.8 Å². The van der Waals surface area contributed by atoms with Crippen molar-refractivity contribution in [3.63, 3.8) is 0 Å². The number of carbonyl (C=O) groups is 2. The topological polar surface area (TPSA) is 93.2 Å². The Morgan fingerprint density at radius 2 is 2.00 bits per heavy atom. The molecule has 0 N–H and O–H groups in total. The second kappa shape index (κ2) is 3.22. The van der Waals surface area contributed by atoms with Crippen LogP contribution in [0.4, 0.5) is 0 Å². The molecule has 0 amide bonds. The van der Waals surface area contributed by atoms with Crippen LogP contribution in [0.1, 0.15) is 27.8 Å². The zero-order chi connectivity index (χ0) is 10.0. The standard InChI is InChI=1S/C8H7NO4/c1-4(10)6-3-2-5(8(12)13)7(11)9-6/h2-3H,1H3,(H,9,11)(H,12,13)/p-2. The highest BCUT2D eigenvalue weighted by molar-refractivity contribution is 5.94. The van der Waals surface area contributed by atoms with Crippen LogP contribution in [0.3, 0.4) is 0 Å². The van der Waals surface area contributed by atoms with Gasteiger partial charge in [-0.15, -0.1) is 0 Å². The van der Waals surface area contributed by atoms with Gasteiger partial charge in [-0.2, -0.15) is 0 Å². The fourth-order valence-electron chi connectivity index (χ4n) is 0.792. The average Bonchev–Trinajstić information content (AvgIpc) is 2.03. The van der Waals surface area contributed by atoms with Crippen LogP contribution in [0.25, 0.3) is 0 Å². The number of carboxylic acids is 1. The van der Waals surface area contributed by atoms with Crippen LogP contribution >= 0.6 is 0 Å². The predicted octanol–water partition coefficient (Wildman–Crippen LogP) is -1.28. The highest BCUT2D eigenvalue weighted by Gasteiger charge is 2.02. The van der Waals surface area contributed by atoms with Crippen molar-refractivity contribution < 1.29 is 19.8 Å². The van der Waals surface area contributed by atoms with Gasteiger partial charge in [-0.3, -0.25) is 9.78 Å². The normalized spacial score (nSPS) is 9.62. The molecule has 0 aliphatic heterocycles. The average molecular weight is 179 g/mol. The lowest BCUT2D eigenvalue weighted by Crippen LogP contribution is -2.24. The molecule has 13 heavy (non-hydrogen) atoms. The Hall–Kier alpha value is -1.91. The maximum absolute atomic E-state index is 10.9. The maximum Gasteiger partial charge on any atom is 0.178 e. The second-order valence-electron chi connectivity index (χ2n) is 2.39. The smallest absolute Gasteiger partial charge is 0.178 e. The van der Waals surface area contributed by atoms with E-state index in [1.807, 2.05) is 0 Å². The molecule has 0 fully saturated rings. The second-order valence-corrected chi connectivity index (χ2v) is 2.39. The minimum Gasteiger partial charge on any atom is -0.858 e. The number of hydrogen-bond acceptors (Lipinski definition) is 5. The molecule has 1 rings (SSSR count). The Morgan fingerprint density at radius 3 is 2.38 bits per heavy atom. The Kier molecular flexibility index (Phi) is 2.27. The molecule has 5 heteroatoms. The molecule has 0 atom stereocenters. The highest BCUT2D eigenvalue weighted by atomic mass is 16.4. The first kappa shape index (κ1) is 9.18. The Morgan fingerprint density at radius 1 is 1.38 bits per heavy atom. The molecule has 0 aliphatic rings. The number of rotatable bonds is 2. The first-order valence-corrected chi connectivity index (χ1v) is 3.42. The van der Waals surface area contributed by atoms with Crippen molar-refractivity contribution in [3.05, 3.63) is 23.4 Å². The number of pyridine rings is 1. The van der Waals surface area contributed by atoms with Gasteiger partial charge in [0.25, 0.3) is 0 Å². The van der Waals surface area contributed by atoms with E-state index in [-0.39, 0.29) is 11.5 Å². The Balaban J connectivity index is 3.20. The maximum atomic E-state index is 10.9. The first-order chi connectivity index (χ1) is 6.02. The lowest BCUT2D eigenvalue weighted by Gasteiger charge is -2.13. The minimum atomic E-state index is -1.59. The minimum absolute atomic E-state index is 0.0463.